The summed E-state index contributed by atoms with van der Waals surface area (Å²) in [5, 5.41) is 0. The minimum Gasteiger partial charge on any atom is -0.491 e. The van der Waals surface area contributed by atoms with Crippen molar-refractivity contribution in [1.29, 1.82) is 0 Å². The first-order valence-corrected chi connectivity index (χ1v) is 5.53. The number of hydrogen-bond donors (Lipinski definition) is 0. The van der Waals surface area contributed by atoms with Gasteiger partial charge in [0.2, 0.25) is 6.08 Å². The fourth-order valence-corrected chi connectivity index (χ4v) is 1.85. The van der Waals surface area contributed by atoms with E-state index in [1.165, 1.54) is 0 Å². The van der Waals surface area contributed by atoms with Crippen LogP contribution in [0.5, 0.6) is 5.75 Å². The molecule has 0 saturated heterocycles. The average molecular weight is 217 g/mol. The third-order valence-electron chi connectivity index (χ3n) is 2.73. The molecule has 0 unspecified atom stereocenters. The molecule has 0 heterocycles. The number of ether oxygens (including phenoxy) is 1. The molecule has 2 rings (SSSR count). The highest BCUT2D eigenvalue weighted by atomic mass is 16.5. The maximum atomic E-state index is 10.4. The molecule has 84 valence electrons. The summed E-state index contributed by atoms with van der Waals surface area (Å²) in [6.45, 7) is 3.97. The lowest BCUT2D eigenvalue weighted by Gasteiger charge is -2.17. The van der Waals surface area contributed by atoms with Gasteiger partial charge in [0.25, 0.3) is 0 Å². The zero-order chi connectivity index (χ0) is 11.6. The van der Waals surface area contributed by atoms with Crippen LogP contribution in [-0.2, 0) is 10.3 Å². The zero-order valence-electron chi connectivity index (χ0n) is 9.56. The van der Waals surface area contributed by atoms with Crippen LogP contribution in [0.1, 0.15) is 32.3 Å². The van der Waals surface area contributed by atoms with E-state index in [4.69, 9.17) is 4.74 Å². The third kappa shape index (κ3) is 2.00. The van der Waals surface area contributed by atoms with Crippen LogP contribution in [0.4, 0.5) is 0 Å². The van der Waals surface area contributed by atoms with Crippen molar-refractivity contribution in [3.63, 3.8) is 0 Å². The summed E-state index contributed by atoms with van der Waals surface area (Å²) in [6, 6.07) is 7.78. The van der Waals surface area contributed by atoms with Crippen molar-refractivity contribution in [1.82, 2.24) is 0 Å². The smallest absolute Gasteiger partial charge is 0.235 e. The fourth-order valence-electron chi connectivity index (χ4n) is 1.85. The molecule has 1 aliphatic rings. The van der Waals surface area contributed by atoms with Gasteiger partial charge in [0, 0.05) is 5.56 Å². The van der Waals surface area contributed by atoms with E-state index < -0.39 is 0 Å². The van der Waals surface area contributed by atoms with Crippen molar-refractivity contribution in [2.45, 2.75) is 38.3 Å². The van der Waals surface area contributed by atoms with Gasteiger partial charge in [0.15, 0.2) is 0 Å². The van der Waals surface area contributed by atoms with Gasteiger partial charge in [0.1, 0.15) is 11.3 Å². The van der Waals surface area contributed by atoms with E-state index in [9.17, 15) is 4.79 Å². The molecule has 0 N–H and O–H groups in total. The second kappa shape index (κ2) is 4.11. The molecular weight excluding hydrogens is 202 g/mol. The van der Waals surface area contributed by atoms with Gasteiger partial charge in [-0.05, 0) is 32.8 Å². The number of para-hydroxylation sites is 1. The minimum absolute atomic E-state index is 0.122. The maximum absolute atomic E-state index is 10.4. The summed E-state index contributed by atoms with van der Waals surface area (Å²) in [7, 11) is 0. The van der Waals surface area contributed by atoms with Crippen molar-refractivity contribution in [2.75, 3.05) is 0 Å². The molecule has 0 bridgehead atoms. The number of aliphatic imine (C=N–C) groups is 1. The molecule has 0 amide bonds. The van der Waals surface area contributed by atoms with Gasteiger partial charge < -0.3 is 4.74 Å². The minimum atomic E-state index is -0.354. The molecule has 0 aromatic heterocycles. The van der Waals surface area contributed by atoms with Crippen molar-refractivity contribution in [3.05, 3.63) is 29.8 Å². The second-order valence-electron chi connectivity index (χ2n) is 4.40. The number of carbonyl (C=O) groups excluding carboxylic acids is 1. The lowest BCUT2D eigenvalue weighted by Crippen LogP contribution is -2.11. The number of benzene rings is 1. The van der Waals surface area contributed by atoms with E-state index in [-0.39, 0.29) is 11.6 Å². The average Bonchev–Trinajstić information content (AvgIpc) is 2.99. The normalized spacial score (nSPS) is 16.7. The highest BCUT2D eigenvalue weighted by Crippen LogP contribution is 2.52. The van der Waals surface area contributed by atoms with Gasteiger partial charge >= 0.3 is 0 Å². The van der Waals surface area contributed by atoms with Crippen LogP contribution in [0.15, 0.2) is 29.3 Å². The predicted octanol–water partition coefficient (Wildman–Crippen LogP) is 2.80. The van der Waals surface area contributed by atoms with Crippen LogP contribution in [0.25, 0.3) is 0 Å². The van der Waals surface area contributed by atoms with Crippen LogP contribution < -0.4 is 4.74 Å². The Kier molecular flexibility index (Phi) is 2.80. The molecule has 3 heteroatoms. The first-order chi connectivity index (χ1) is 7.68. The van der Waals surface area contributed by atoms with Gasteiger partial charge in [0.05, 0.1) is 6.10 Å². The van der Waals surface area contributed by atoms with Crippen LogP contribution >= 0.6 is 0 Å². The first-order valence-electron chi connectivity index (χ1n) is 5.53. The molecule has 1 aliphatic carbocycles. The van der Waals surface area contributed by atoms with E-state index in [1.807, 2.05) is 38.1 Å². The molecule has 16 heavy (non-hydrogen) atoms. The number of isocyanates is 1. The highest BCUT2D eigenvalue weighted by Gasteiger charge is 2.46. The fraction of sp³-hybridized carbons (Fsp3) is 0.462. The Hall–Kier alpha value is -1.60. The lowest BCUT2D eigenvalue weighted by molar-refractivity contribution is 0.238. The Bertz CT molecular complexity index is 429. The Labute approximate surface area is 95.2 Å². The summed E-state index contributed by atoms with van der Waals surface area (Å²) < 4.78 is 5.73. The molecular formula is C13H15NO2. The maximum Gasteiger partial charge on any atom is 0.235 e. The molecule has 0 radical (unpaired) electrons. The molecule has 1 aromatic rings. The van der Waals surface area contributed by atoms with Crippen molar-refractivity contribution < 1.29 is 9.53 Å². The summed E-state index contributed by atoms with van der Waals surface area (Å²) in [5.41, 5.74) is 0.653. The van der Waals surface area contributed by atoms with Crippen molar-refractivity contribution in [2.24, 2.45) is 4.99 Å². The Morgan fingerprint density at radius 1 is 1.38 bits per heavy atom. The molecule has 0 atom stereocenters. The van der Waals surface area contributed by atoms with Gasteiger partial charge in [-0.1, -0.05) is 18.2 Å². The zero-order valence-corrected chi connectivity index (χ0v) is 9.56. The quantitative estimate of drug-likeness (QED) is 0.574. The van der Waals surface area contributed by atoms with Gasteiger partial charge in [-0.15, -0.1) is 0 Å². The Morgan fingerprint density at radius 2 is 2.06 bits per heavy atom. The topological polar surface area (TPSA) is 38.7 Å². The number of hydrogen-bond acceptors (Lipinski definition) is 3. The molecule has 0 spiro atoms. The molecule has 0 aliphatic heterocycles. The lowest BCUT2D eigenvalue weighted by atomic mass is 10.0. The molecule has 1 saturated carbocycles. The van der Waals surface area contributed by atoms with Gasteiger partial charge in [-0.3, -0.25) is 0 Å². The Balaban J connectivity index is 2.37. The van der Waals surface area contributed by atoms with E-state index in [2.05, 4.69) is 4.99 Å². The van der Waals surface area contributed by atoms with Gasteiger partial charge in [-0.25, -0.2) is 4.79 Å². The molecule has 3 nitrogen and oxygen atoms in total. The van der Waals surface area contributed by atoms with E-state index in [0.717, 1.165) is 24.2 Å². The molecule has 1 fully saturated rings. The second-order valence-corrected chi connectivity index (χ2v) is 4.40. The van der Waals surface area contributed by atoms with E-state index in [1.54, 1.807) is 6.08 Å². The van der Waals surface area contributed by atoms with Crippen LogP contribution in [0, 0.1) is 0 Å². The summed E-state index contributed by atoms with van der Waals surface area (Å²) >= 11 is 0. The number of nitrogens with zero attached hydrogens (tertiary/aromatic N) is 1. The summed E-state index contributed by atoms with van der Waals surface area (Å²) in [4.78, 5) is 14.4. The number of rotatable bonds is 4. The summed E-state index contributed by atoms with van der Waals surface area (Å²) in [6.07, 6.45) is 3.60. The van der Waals surface area contributed by atoms with Crippen LogP contribution in [-0.4, -0.2) is 12.2 Å². The van der Waals surface area contributed by atoms with E-state index >= 15 is 0 Å². The van der Waals surface area contributed by atoms with Gasteiger partial charge in [-0.2, -0.15) is 4.99 Å². The standard InChI is InChI=1S/C13H15NO2/c1-10(2)16-12-6-4-3-5-11(12)13(7-8-13)14-9-15/h3-6,10H,7-8H2,1-2H3. The Morgan fingerprint density at radius 3 is 2.62 bits per heavy atom. The highest BCUT2D eigenvalue weighted by molar-refractivity contribution is 5.47. The van der Waals surface area contributed by atoms with Crippen molar-refractivity contribution >= 4 is 6.08 Å². The SMILES string of the molecule is CC(C)Oc1ccccc1C1(N=C=O)CC1. The largest absolute Gasteiger partial charge is 0.491 e. The van der Waals surface area contributed by atoms with Crippen LogP contribution in [0.2, 0.25) is 0 Å². The summed E-state index contributed by atoms with van der Waals surface area (Å²) in [5.74, 6) is 0.828. The monoisotopic (exact) mass is 217 g/mol. The molecule has 1 aromatic carbocycles. The third-order valence-corrected chi connectivity index (χ3v) is 2.73. The first kappa shape index (κ1) is 10.9. The van der Waals surface area contributed by atoms with Crippen LogP contribution in [0.3, 0.4) is 0 Å². The van der Waals surface area contributed by atoms with Crippen molar-refractivity contribution in [3.8, 4) is 5.75 Å². The predicted molar refractivity (Wildman–Crippen MR) is 61.2 cm³/mol. The van der Waals surface area contributed by atoms with E-state index in [0.29, 0.717) is 0 Å².